The average Bonchev–Trinajstić information content (AvgIpc) is 3.79. The van der Waals surface area contributed by atoms with Crippen molar-refractivity contribution in [2.45, 2.75) is 86.1 Å². The molecule has 0 amide bonds. The molecule has 240 valence electrons. The van der Waals surface area contributed by atoms with Crippen LogP contribution in [-0.4, -0.2) is 63.1 Å². The van der Waals surface area contributed by atoms with E-state index in [4.69, 9.17) is 19.7 Å². The van der Waals surface area contributed by atoms with Crippen molar-refractivity contribution in [2.75, 3.05) is 24.6 Å². The molecule has 2 aliphatic heterocycles. The third kappa shape index (κ3) is 5.26. The highest BCUT2D eigenvalue weighted by molar-refractivity contribution is 7.99. The van der Waals surface area contributed by atoms with E-state index >= 15 is 0 Å². The molecular formula is C33H39N9O2S2. The van der Waals surface area contributed by atoms with Crippen LogP contribution in [0.4, 0.5) is 5.95 Å². The summed E-state index contributed by atoms with van der Waals surface area (Å²) in [6, 6.07) is 6.18. The summed E-state index contributed by atoms with van der Waals surface area (Å²) in [7, 11) is 0. The summed E-state index contributed by atoms with van der Waals surface area (Å²) in [6.07, 6.45) is 17.3. The SMILES string of the molecule is CC(C)(C)[S+]([O-])N[C@@H]1c2cccnc2CC12CCN(c1ncc(Sc3ccnc4c3cnn4C3CCCCO3)c3nccn13)CC2. The molecule has 2 saturated heterocycles. The highest BCUT2D eigenvalue weighted by Crippen LogP contribution is 2.52. The van der Waals surface area contributed by atoms with Crippen molar-refractivity contribution in [2.24, 2.45) is 5.41 Å². The number of piperidine rings is 1. The van der Waals surface area contributed by atoms with Crippen LogP contribution in [0.2, 0.25) is 0 Å². The van der Waals surface area contributed by atoms with Gasteiger partial charge in [0.15, 0.2) is 17.5 Å². The van der Waals surface area contributed by atoms with Gasteiger partial charge in [-0.1, -0.05) is 17.8 Å². The second kappa shape index (κ2) is 11.8. The maximum absolute atomic E-state index is 13.3. The van der Waals surface area contributed by atoms with Gasteiger partial charge < -0.3 is 14.2 Å². The molecule has 8 rings (SSSR count). The second-order valence-corrected chi connectivity index (χ2v) is 16.7. The van der Waals surface area contributed by atoms with Gasteiger partial charge in [0, 0.05) is 78.0 Å². The number of rotatable bonds is 6. The molecule has 5 aromatic heterocycles. The number of nitrogens with zero attached hydrogens (tertiary/aromatic N) is 8. The van der Waals surface area contributed by atoms with Crippen molar-refractivity contribution in [3.8, 4) is 0 Å². The molecule has 11 nitrogen and oxygen atoms in total. The molecule has 3 aliphatic rings. The summed E-state index contributed by atoms with van der Waals surface area (Å²) >= 11 is 0.457. The number of imidazole rings is 1. The second-order valence-electron chi connectivity index (χ2n) is 13.6. The molecule has 0 bridgehead atoms. The predicted molar refractivity (Wildman–Crippen MR) is 179 cm³/mol. The van der Waals surface area contributed by atoms with Crippen molar-refractivity contribution >= 4 is 45.8 Å². The summed E-state index contributed by atoms with van der Waals surface area (Å²) in [4.78, 5) is 23.6. The lowest BCUT2D eigenvalue weighted by Crippen LogP contribution is -2.50. The van der Waals surface area contributed by atoms with Crippen LogP contribution in [0.1, 0.15) is 76.4 Å². The maximum atomic E-state index is 13.3. The number of fused-ring (bicyclic) bond motifs is 3. The first-order valence-corrected chi connectivity index (χ1v) is 18.1. The third-order valence-electron chi connectivity index (χ3n) is 9.67. The van der Waals surface area contributed by atoms with E-state index in [1.807, 2.05) is 74.8 Å². The van der Waals surface area contributed by atoms with Gasteiger partial charge in [-0.3, -0.25) is 9.38 Å². The minimum Gasteiger partial charge on any atom is -0.598 e. The van der Waals surface area contributed by atoms with E-state index in [0.717, 1.165) is 96.3 Å². The lowest BCUT2D eigenvalue weighted by molar-refractivity contribution is -0.0370. The fourth-order valence-corrected chi connectivity index (χ4v) is 9.08. The van der Waals surface area contributed by atoms with Crippen LogP contribution in [0.15, 0.2) is 65.2 Å². The number of hydrogen-bond acceptors (Lipinski definition) is 10. The quantitative estimate of drug-likeness (QED) is 0.229. The number of nitrogens with one attached hydrogen (secondary N) is 1. The van der Waals surface area contributed by atoms with E-state index in [2.05, 4.69) is 30.2 Å². The lowest BCUT2D eigenvalue weighted by Gasteiger charge is -2.44. The zero-order chi connectivity index (χ0) is 31.5. The first-order valence-electron chi connectivity index (χ1n) is 16.1. The predicted octanol–water partition coefficient (Wildman–Crippen LogP) is 5.66. The minimum atomic E-state index is -1.18. The molecule has 0 saturated carbocycles. The Labute approximate surface area is 275 Å². The number of hydrogen-bond donors (Lipinski definition) is 1. The van der Waals surface area contributed by atoms with Gasteiger partial charge in [0.25, 0.3) is 0 Å². The highest BCUT2D eigenvalue weighted by atomic mass is 32.2. The summed E-state index contributed by atoms with van der Waals surface area (Å²) < 4.78 is 26.5. The Bertz CT molecular complexity index is 1870. The van der Waals surface area contributed by atoms with Crippen molar-refractivity contribution in [3.05, 3.63) is 66.6 Å². The number of pyridine rings is 2. The Hall–Kier alpha value is -3.23. The molecule has 2 fully saturated rings. The largest absolute Gasteiger partial charge is 0.598 e. The first kappa shape index (κ1) is 30.1. The Morgan fingerprint density at radius 3 is 2.65 bits per heavy atom. The van der Waals surface area contributed by atoms with Crippen molar-refractivity contribution < 1.29 is 9.29 Å². The van der Waals surface area contributed by atoms with Crippen LogP contribution in [-0.2, 0) is 22.5 Å². The van der Waals surface area contributed by atoms with E-state index in [0.29, 0.717) is 0 Å². The fourth-order valence-electron chi connectivity index (χ4n) is 7.16. The Morgan fingerprint density at radius 1 is 1.00 bits per heavy atom. The molecule has 1 spiro atoms. The Kier molecular flexibility index (Phi) is 7.72. The van der Waals surface area contributed by atoms with Gasteiger partial charge in [-0.05, 0) is 77.0 Å². The van der Waals surface area contributed by atoms with E-state index < -0.39 is 11.4 Å². The smallest absolute Gasteiger partial charge is 0.211 e. The van der Waals surface area contributed by atoms with Crippen molar-refractivity contribution in [1.82, 2.24) is 38.8 Å². The average molecular weight is 658 g/mol. The van der Waals surface area contributed by atoms with Crippen molar-refractivity contribution in [3.63, 3.8) is 0 Å². The molecular weight excluding hydrogens is 619 g/mol. The molecule has 1 N–H and O–H groups in total. The van der Waals surface area contributed by atoms with Gasteiger partial charge in [-0.25, -0.2) is 19.6 Å². The minimum absolute atomic E-state index is 0.00429. The number of ether oxygens (including phenoxy) is 1. The molecule has 13 heteroatoms. The number of aromatic nitrogens is 7. The first-order chi connectivity index (χ1) is 22.3. The van der Waals surface area contributed by atoms with Crippen LogP contribution >= 0.6 is 11.8 Å². The van der Waals surface area contributed by atoms with Crippen molar-refractivity contribution in [1.29, 1.82) is 0 Å². The molecule has 5 aromatic rings. The molecule has 7 heterocycles. The van der Waals surface area contributed by atoms with Crippen LogP contribution in [0.5, 0.6) is 0 Å². The highest BCUT2D eigenvalue weighted by Gasteiger charge is 2.51. The van der Waals surface area contributed by atoms with Crippen LogP contribution < -0.4 is 9.62 Å². The summed E-state index contributed by atoms with van der Waals surface area (Å²) in [5.74, 6) is 0.894. The maximum Gasteiger partial charge on any atom is 0.211 e. The van der Waals surface area contributed by atoms with Gasteiger partial charge in [0.1, 0.15) is 4.75 Å². The zero-order valence-corrected chi connectivity index (χ0v) is 28.1. The van der Waals surface area contributed by atoms with Crippen LogP contribution in [0.3, 0.4) is 0 Å². The molecule has 0 radical (unpaired) electrons. The van der Waals surface area contributed by atoms with Gasteiger partial charge in [-0.2, -0.15) is 5.10 Å². The normalized spacial score (nSPS) is 22.1. The molecule has 2 unspecified atom stereocenters. The van der Waals surface area contributed by atoms with E-state index in [1.165, 1.54) is 5.56 Å². The van der Waals surface area contributed by atoms with Gasteiger partial charge >= 0.3 is 0 Å². The molecule has 3 atom stereocenters. The van der Waals surface area contributed by atoms with Gasteiger partial charge in [0.2, 0.25) is 5.95 Å². The molecule has 46 heavy (non-hydrogen) atoms. The topological polar surface area (TPSA) is 121 Å². The lowest BCUT2D eigenvalue weighted by atomic mass is 9.73. The standard InChI is InChI=1S/C33H39N9O2S2/c1-32(2,3)46(43)39-28-22-7-6-12-34-24(22)19-33(28)10-15-40(16-11-33)31-37-21-26(30-36-14-17-41(30)31)45-25-9-13-35-29-23(25)20-38-42(29)27-8-4-5-18-44-27/h6-7,9,12-14,17,20-21,27-28,39H,4-5,8,10-11,15-16,18-19H2,1-3H3/t27?,28-,46?/m1/s1. The van der Waals surface area contributed by atoms with E-state index in [1.54, 1.807) is 11.8 Å². The zero-order valence-electron chi connectivity index (χ0n) is 26.4. The van der Waals surface area contributed by atoms with Crippen LogP contribution in [0.25, 0.3) is 16.7 Å². The number of anilines is 1. The molecule has 0 aromatic carbocycles. The van der Waals surface area contributed by atoms with Crippen LogP contribution in [0, 0.1) is 5.41 Å². The molecule has 1 aliphatic carbocycles. The Balaban J connectivity index is 1.04. The Morgan fingerprint density at radius 2 is 1.85 bits per heavy atom. The van der Waals surface area contributed by atoms with Gasteiger partial charge in [-0.15, -0.1) is 4.72 Å². The van der Waals surface area contributed by atoms with E-state index in [9.17, 15) is 4.55 Å². The van der Waals surface area contributed by atoms with Gasteiger partial charge in [0.05, 0.1) is 22.5 Å². The third-order valence-corrected chi connectivity index (χ3v) is 12.3. The van der Waals surface area contributed by atoms with E-state index in [-0.39, 0.29) is 22.4 Å². The fraction of sp³-hybridized carbons (Fsp3) is 0.485. The summed E-state index contributed by atoms with van der Waals surface area (Å²) in [5.41, 5.74) is 3.98. The monoisotopic (exact) mass is 657 g/mol. The summed E-state index contributed by atoms with van der Waals surface area (Å²) in [6.45, 7) is 8.50. The summed E-state index contributed by atoms with van der Waals surface area (Å²) in [5, 5.41) is 5.67.